The number of nitrogens with zero attached hydrogens (tertiary/aromatic N) is 2. The molecule has 2 aromatic carbocycles. The molecule has 2 aliphatic rings. The fourth-order valence-corrected chi connectivity index (χ4v) is 4.43. The lowest BCUT2D eigenvalue weighted by Gasteiger charge is -2.16. The molecule has 1 atom stereocenters. The van der Waals surface area contributed by atoms with Gasteiger partial charge in [0.1, 0.15) is 11.9 Å². The molecule has 0 unspecified atom stereocenters. The fourth-order valence-electron chi connectivity index (χ4n) is 4.43. The SMILES string of the molecule is CC(=O)NC[C@H]1CN(c2ccc3c(c2)CCCc2c(-c4ccc(F)cc4)n[nH]c2-3)C(=O)O1. The van der Waals surface area contributed by atoms with Crippen molar-refractivity contribution < 1.29 is 18.7 Å². The molecule has 2 heterocycles. The summed E-state index contributed by atoms with van der Waals surface area (Å²) < 4.78 is 18.7. The van der Waals surface area contributed by atoms with Crippen LogP contribution in [0.4, 0.5) is 14.9 Å². The van der Waals surface area contributed by atoms with E-state index in [2.05, 4.69) is 15.5 Å². The highest BCUT2D eigenvalue weighted by Gasteiger charge is 2.33. The summed E-state index contributed by atoms with van der Waals surface area (Å²) in [6, 6.07) is 12.3. The Bertz CT molecular complexity index is 1190. The summed E-state index contributed by atoms with van der Waals surface area (Å²) >= 11 is 0. The number of anilines is 1. The summed E-state index contributed by atoms with van der Waals surface area (Å²) in [5.41, 5.74) is 6.80. The van der Waals surface area contributed by atoms with Crippen molar-refractivity contribution in [3.8, 4) is 22.5 Å². The van der Waals surface area contributed by atoms with Crippen molar-refractivity contribution in [2.45, 2.75) is 32.3 Å². The van der Waals surface area contributed by atoms with Gasteiger partial charge < -0.3 is 10.1 Å². The maximum atomic E-state index is 13.3. The van der Waals surface area contributed by atoms with Gasteiger partial charge in [0.15, 0.2) is 0 Å². The maximum Gasteiger partial charge on any atom is 0.414 e. The summed E-state index contributed by atoms with van der Waals surface area (Å²) in [6.07, 6.45) is 1.88. The summed E-state index contributed by atoms with van der Waals surface area (Å²) in [4.78, 5) is 25.1. The van der Waals surface area contributed by atoms with Crippen LogP contribution in [0, 0.1) is 5.82 Å². The Morgan fingerprint density at radius 1 is 1.25 bits per heavy atom. The van der Waals surface area contributed by atoms with Gasteiger partial charge in [-0.25, -0.2) is 9.18 Å². The minimum absolute atomic E-state index is 0.153. The molecule has 1 aromatic heterocycles. The van der Waals surface area contributed by atoms with E-state index in [-0.39, 0.29) is 17.8 Å². The quantitative estimate of drug-likeness (QED) is 0.653. The number of cyclic esters (lactones) is 1. The summed E-state index contributed by atoms with van der Waals surface area (Å²) in [5.74, 6) is -0.423. The molecule has 1 fully saturated rings. The lowest BCUT2D eigenvalue weighted by atomic mass is 9.99. The fraction of sp³-hybridized carbons (Fsp3) is 0.292. The van der Waals surface area contributed by atoms with Gasteiger partial charge in [-0.3, -0.25) is 14.8 Å². The average Bonchev–Trinajstić information content (AvgIpc) is 3.31. The Morgan fingerprint density at radius 3 is 2.84 bits per heavy atom. The number of rotatable bonds is 4. The van der Waals surface area contributed by atoms with E-state index in [1.54, 1.807) is 17.0 Å². The predicted octanol–water partition coefficient (Wildman–Crippen LogP) is 3.83. The van der Waals surface area contributed by atoms with E-state index in [1.165, 1.54) is 19.1 Å². The van der Waals surface area contributed by atoms with E-state index < -0.39 is 6.09 Å². The predicted molar refractivity (Wildman–Crippen MR) is 118 cm³/mol. The number of nitrogens with one attached hydrogen (secondary N) is 2. The van der Waals surface area contributed by atoms with Gasteiger partial charge in [0.2, 0.25) is 5.91 Å². The van der Waals surface area contributed by atoms with Crippen molar-refractivity contribution in [3.05, 3.63) is 59.4 Å². The summed E-state index contributed by atoms with van der Waals surface area (Å²) in [7, 11) is 0. The van der Waals surface area contributed by atoms with Crippen molar-refractivity contribution in [3.63, 3.8) is 0 Å². The maximum absolute atomic E-state index is 13.3. The number of halogens is 1. The molecule has 0 spiro atoms. The molecular formula is C24H23FN4O3. The van der Waals surface area contributed by atoms with Crippen molar-refractivity contribution in [1.29, 1.82) is 0 Å². The van der Waals surface area contributed by atoms with Crippen LogP contribution >= 0.6 is 0 Å². The van der Waals surface area contributed by atoms with Gasteiger partial charge in [-0.15, -0.1) is 0 Å². The number of hydrogen-bond acceptors (Lipinski definition) is 4. The monoisotopic (exact) mass is 434 g/mol. The first-order valence-electron chi connectivity index (χ1n) is 10.7. The van der Waals surface area contributed by atoms with Crippen LogP contribution in [-0.4, -0.2) is 41.4 Å². The van der Waals surface area contributed by atoms with E-state index >= 15 is 0 Å². The molecule has 1 aliphatic heterocycles. The average molecular weight is 434 g/mol. The number of aromatic nitrogens is 2. The molecule has 32 heavy (non-hydrogen) atoms. The molecular weight excluding hydrogens is 411 g/mol. The highest BCUT2D eigenvalue weighted by atomic mass is 19.1. The number of H-pyrrole nitrogens is 1. The van der Waals surface area contributed by atoms with Gasteiger partial charge in [-0.1, -0.05) is 6.07 Å². The zero-order valence-corrected chi connectivity index (χ0v) is 17.7. The Hall–Kier alpha value is -3.68. The van der Waals surface area contributed by atoms with E-state index in [4.69, 9.17) is 4.74 Å². The van der Waals surface area contributed by atoms with E-state index in [0.29, 0.717) is 13.1 Å². The normalized spacial score (nSPS) is 17.4. The van der Waals surface area contributed by atoms with Gasteiger partial charge in [-0.05, 0) is 61.2 Å². The highest BCUT2D eigenvalue weighted by Crippen LogP contribution is 2.38. The molecule has 1 saturated heterocycles. The highest BCUT2D eigenvalue weighted by molar-refractivity contribution is 5.91. The third kappa shape index (κ3) is 3.72. The van der Waals surface area contributed by atoms with Crippen molar-refractivity contribution in [2.24, 2.45) is 0 Å². The number of aryl methyl sites for hydroxylation is 1. The second kappa shape index (κ2) is 8.11. The lowest BCUT2D eigenvalue weighted by Crippen LogP contribution is -2.33. The van der Waals surface area contributed by atoms with Gasteiger partial charge in [0.25, 0.3) is 0 Å². The number of carbonyl (C=O) groups excluding carboxylic acids is 2. The zero-order chi connectivity index (χ0) is 22.2. The molecule has 0 saturated carbocycles. The molecule has 8 heteroatoms. The smallest absolute Gasteiger partial charge is 0.414 e. The third-order valence-corrected chi connectivity index (χ3v) is 5.98. The van der Waals surface area contributed by atoms with Crippen LogP contribution in [-0.2, 0) is 22.4 Å². The van der Waals surface area contributed by atoms with Crippen molar-refractivity contribution >= 4 is 17.7 Å². The molecule has 2 amide bonds. The van der Waals surface area contributed by atoms with Crippen molar-refractivity contribution in [1.82, 2.24) is 15.5 Å². The van der Waals surface area contributed by atoms with Crippen LogP contribution in [0.2, 0.25) is 0 Å². The molecule has 0 bridgehead atoms. The van der Waals surface area contributed by atoms with E-state index in [9.17, 15) is 14.0 Å². The van der Waals surface area contributed by atoms with Crippen LogP contribution < -0.4 is 10.2 Å². The molecule has 164 valence electrons. The number of benzene rings is 2. The lowest BCUT2D eigenvalue weighted by molar-refractivity contribution is -0.119. The van der Waals surface area contributed by atoms with Crippen LogP contribution in [0.5, 0.6) is 0 Å². The largest absolute Gasteiger partial charge is 0.442 e. The number of fused-ring (bicyclic) bond motifs is 3. The van der Waals surface area contributed by atoms with Crippen LogP contribution in [0.1, 0.15) is 24.5 Å². The van der Waals surface area contributed by atoms with Gasteiger partial charge in [0, 0.05) is 29.3 Å². The Kier molecular flexibility index (Phi) is 5.13. The first kappa shape index (κ1) is 20.2. The minimum Gasteiger partial charge on any atom is -0.442 e. The number of ether oxygens (including phenoxy) is 1. The van der Waals surface area contributed by atoms with Gasteiger partial charge >= 0.3 is 6.09 Å². The van der Waals surface area contributed by atoms with Gasteiger partial charge in [-0.2, -0.15) is 5.10 Å². The van der Waals surface area contributed by atoms with Crippen molar-refractivity contribution in [2.75, 3.05) is 18.0 Å². The Labute approximate surface area is 184 Å². The van der Waals surface area contributed by atoms with Gasteiger partial charge in [0.05, 0.1) is 24.5 Å². The Balaban J connectivity index is 1.43. The molecule has 0 radical (unpaired) electrons. The number of aromatic amines is 1. The Morgan fingerprint density at radius 2 is 2.06 bits per heavy atom. The number of amides is 2. The third-order valence-electron chi connectivity index (χ3n) is 5.98. The second-order valence-electron chi connectivity index (χ2n) is 8.18. The van der Waals surface area contributed by atoms with Crippen LogP contribution in [0.3, 0.4) is 0 Å². The molecule has 1 aliphatic carbocycles. The first-order valence-corrected chi connectivity index (χ1v) is 10.7. The van der Waals surface area contributed by atoms with E-state index in [0.717, 1.165) is 58.6 Å². The zero-order valence-electron chi connectivity index (χ0n) is 17.7. The second-order valence-corrected chi connectivity index (χ2v) is 8.18. The molecule has 3 aromatic rings. The first-order chi connectivity index (χ1) is 15.5. The standard InChI is InChI=1S/C24H23FN4O3/c1-14(30)26-12-19-13-29(24(31)32-19)18-9-10-20-16(11-18)3-2-4-21-22(27-28-23(20)21)15-5-7-17(25)8-6-15/h5-11,19H,2-4,12-13H2,1H3,(H,26,30)(H,27,28)/t19-/m0/s1. The number of hydrogen-bond donors (Lipinski definition) is 2. The number of carbonyl (C=O) groups is 2. The molecule has 2 N–H and O–H groups in total. The van der Waals surface area contributed by atoms with Crippen LogP contribution in [0.25, 0.3) is 22.5 Å². The van der Waals surface area contributed by atoms with Crippen LogP contribution in [0.15, 0.2) is 42.5 Å². The molecule has 7 nitrogen and oxygen atoms in total. The van der Waals surface area contributed by atoms with E-state index in [1.807, 2.05) is 18.2 Å². The summed E-state index contributed by atoms with van der Waals surface area (Å²) in [6.45, 7) is 2.13. The summed E-state index contributed by atoms with van der Waals surface area (Å²) in [5, 5.41) is 10.4. The topological polar surface area (TPSA) is 87.3 Å². The minimum atomic E-state index is -0.408. The molecule has 5 rings (SSSR count).